The molecule has 0 spiro atoms. The van der Waals surface area contributed by atoms with Gasteiger partial charge >= 0.3 is 0 Å². The average Bonchev–Trinajstić information content (AvgIpc) is 2.79. The van der Waals surface area contributed by atoms with E-state index in [-0.39, 0.29) is 12.0 Å². The molecule has 0 aliphatic heterocycles. The molecule has 6 heteroatoms. The topological polar surface area (TPSA) is 66.0 Å². The highest BCUT2D eigenvalue weighted by atomic mass is 16.5. The van der Waals surface area contributed by atoms with Crippen LogP contribution in [0.15, 0.2) is 60.7 Å². The lowest BCUT2D eigenvalue weighted by molar-refractivity contribution is 0.102. The van der Waals surface area contributed by atoms with Crippen LogP contribution in [0.4, 0.5) is 5.69 Å². The van der Waals surface area contributed by atoms with Gasteiger partial charge in [-0.25, -0.2) is 0 Å². The normalized spacial score (nSPS) is 10.6. The van der Waals surface area contributed by atoms with Gasteiger partial charge in [-0.1, -0.05) is 30.3 Å². The summed E-state index contributed by atoms with van der Waals surface area (Å²) in [4.78, 5) is 13.0. The van der Waals surface area contributed by atoms with Crippen LogP contribution >= 0.6 is 0 Å². The van der Waals surface area contributed by atoms with E-state index in [1.807, 2.05) is 69.3 Å². The van der Waals surface area contributed by atoms with E-state index >= 15 is 0 Å². The maximum absolute atomic E-state index is 13.0. The molecule has 0 aromatic heterocycles. The first-order valence-corrected chi connectivity index (χ1v) is 10.4. The summed E-state index contributed by atoms with van der Waals surface area (Å²) < 4.78 is 22.7. The van der Waals surface area contributed by atoms with E-state index in [1.165, 1.54) is 14.2 Å². The van der Waals surface area contributed by atoms with Crippen molar-refractivity contribution in [1.82, 2.24) is 0 Å². The molecule has 3 aromatic carbocycles. The second-order valence-electron chi connectivity index (χ2n) is 7.58. The Labute approximate surface area is 189 Å². The minimum Gasteiger partial charge on any atom is -0.493 e. The fourth-order valence-electron chi connectivity index (χ4n) is 3.20. The number of benzene rings is 3. The van der Waals surface area contributed by atoms with Gasteiger partial charge in [0, 0.05) is 11.3 Å². The molecule has 0 aliphatic carbocycles. The first-order chi connectivity index (χ1) is 15.4. The summed E-state index contributed by atoms with van der Waals surface area (Å²) in [5, 5.41) is 2.94. The Morgan fingerprint density at radius 1 is 0.938 bits per heavy atom. The molecule has 3 aromatic rings. The number of methoxy groups -OCH3 is 2. The molecule has 0 atom stereocenters. The predicted octanol–water partition coefficient (Wildman–Crippen LogP) is 5.63. The number of carbonyl (C=O) groups is 1. The summed E-state index contributed by atoms with van der Waals surface area (Å²) in [6.07, 6.45) is 0.0809. The molecule has 32 heavy (non-hydrogen) atoms. The van der Waals surface area contributed by atoms with Crippen molar-refractivity contribution in [2.45, 2.75) is 33.5 Å². The zero-order valence-electron chi connectivity index (χ0n) is 19.1. The third-order valence-electron chi connectivity index (χ3n) is 4.77. The monoisotopic (exact) mass is 435 g/mol. The fraction of sp³-hybridized carbons (Fsp3) is 0.269. The summed E-state index contributed by atoms with van der Waals surface area (Å²) in [6.45, 7) is 6.21. The minimum atomic E-state index is -0.281. The van der Waals surface area contributed by atoms with Gasteiger partial charge in [0.25, 0.3) is 5.91 Å². The molecule has 0 heterocycles. The van der Waals surface area contributed by atoms with Gasteiger partial charge in [0.1, 0.15) is 12.4 Å². The molecule has 0 fully saturated rings. The number of aryl methyl sites for hydroxylation is 1. The zero-order chi connectivity index (χ0) is 23.1. The third-order valence-corrected chi connectivity index (χ3v) is 4.77. The lowest BCUT2D eigenvalue weighted by Gasteiger charge is -2.17. The molecule has 0 saturated carbocycles. The first-order valence-electron chi connectivity index (χ1n) is 10.4. The molecule has 0 unspecified atom stereocenters. The Hall–Kier alpha value is -3.67. The average molecular weight is 436 g/mol. The highest BCUT2D eigenvalue weighted by Gasteiger charge is 2.18. The van der Waals surface area contributed by atoms with Crippen LogP contribution in [0, 0.1) is 6.92 Å². The van der Waals surface area contributed by atoms with Crippen molar-refractivity contribution in [3.63, 3.8) is 0 Å². The SMILES string of the molecule is COc1cc(C(=O)Nc2ccc(OC(C)C)cc2C)cc(OC)c1OCc1ccccc1. The number of nitrogens with one attached hydrogen (secondary N) is 1. The number of hydrogen-bond acceptors (Lipinski definition) is 5. The van der Waals surface area contributed by atoms with Gasteiger partial charge in [-0.2, -0.15) is 0 Å². The molecule has 0 radical (unpaired) electrons. The van der Waals surface area contributed by atoms with Crippen LogP contribution in [0.2, 0.25) is 0 Å². The smallest absolute Gasteiger partial charge is 0.255 e. The summed E-state index contributed by atoms with van der Waals surface area (Å²) in [5.74, 6) is 1.77. The van der Waals surface area contributed by atoms with Crippen LogP contribution in [0.1, 0.15) is 35.3 Å². The van der Waals surface area contributed by atoms with E-state index in [1.54, 1.807) is 12.1 Å². The van der Waals surface area contributed by atoms with E-state index in [0.29, 0.717) is 35.1 Å². The fourth-order valence-corrected chi connectivity index (χ4v) is 3.20. The van der Waals surface area contributed by atoms with Gasteiger partial charge in [-0.15, -0.1) is 0 Å². The lowest BCUT2D eigenvalue weighted by atomic mass is 10.1. The van der Waals surface area contributed by atoms with Gasteiger partial charge in [0.05, 0.1) is 20.3 Å². The van der Waals surface area contributed by atoms with Crippen LogP contribution < -0.4 is 24.3 Å². The van der Waals surface area contributed by atoms with Crippen molar-refractivity contribution in [3.05, 3.63) is 77.4 Å². The molecule has 1 amide bonds. The van der Waals surface area contributed by atoms with Gasteiger partial charge in [-0.05, 0) is 62.2 Å². The number of hydrogen-bond donors (Lipinski definition) is 1. The minimum absolute atomic E-state index is 0.0809. The largest absolute Gasteiger partial charge is 0.493 e. The van der Waals surface area contributed by atoms with Gasteiger partial charge in [-0.3, -0.25) is 4.79 Å². The molecule has 1 N–H and O–H groups in total. The van der Waals surface area contributed by atoms with E-state index in [2.05, 4.69) is 5.32 Å². The van der Waals surface area contributed by atoms with Crippen LogP contribution in [0.5, 0.6) is 23.0 Å². The number of amides is 1. The second kappa shape index (κ2) is 10.6. The Kier molecular flexibility index (Phi) is 7.60. The number of carbonyl (C=O) groups excluding carboxylic acids is 1. The zero-order valence-corrected chi connectivity index (χ0v) is 19.1. The molecular weight excluding hydrogens is 406 g/mol. The number of anilines is 1. The number of ether oxygens (including phenoxy) is 4. The first kappa shape index (κ1) is 23.0. The van der Waals surface area contributed by atoms with Crippen LogP contribution in [0.25, 0.3) is 0 Å². The molecular formula is C26H29NO5. The van der Waals surface area contributed by atoms with Gasteiger partial charge in [0.2, 0.25) is 5.75 Å². The molecule has 0 saturated heterocycles. The molecule has 6 nitrogen and oxygen atoms in total. The van der Waals surface area contributed by atoms with E-state index < -0.39 is 0 Å². The predicted molar refractivity (Wildman–Crippen MR) is 125 cm³/mol. The standard InChI is InChI=1S/C26H29NO5/c1-17(2)32-21-11-12-22(18(3)13-21)27-26(28)20-14-23(29-4)25(24(15-20)30-5)31-16-19-9-7-6-8-10-19/h6-15,17H,16H2,1-5H3,(H,27,28). The quantitative estimate of drug-likeness (QED) is 0.472. The van der Waals surface area contributed by atoms with Crippen molar-refractivity contribution in [2.75, 3.05) is 19.5 Å². The van der Waals surface area contributed by atoms with Crippen LogP contribution in [-0.2, 0) is 6.61 Å². The number of rotatable bonds is 9. The molecule has 168 valence electrons. The maximum Gasteiger partial charge on any atom is 0.255 e. The lowest BCUT2D eigenvalue weighted by Crippen LogP contribution is -2.14. The van der Waals surface area contributed by atoms with Crippen molar-refractivity contribution in [2.24, 2.45) is 0 Å². The van der Waals surface area contributed by atoms with E-state index in [0.717, 1.165) is 16.9 Å². The van der Waals surface area contributed by atoms with Crippen molar-refractivity contribution >= 4 is 11.6 Å². The van der Waals surface area contributed by atoms with E-state index in [4.69, 9.17) is 18.9 Å². The Bertz CT molecular complexity index is 1040. The third kappa shape index (κ3) is 5.72. The van der Waals surface area contributed by atoms with Crippen LogP contribution in [0.3, 0.4) is 0 Å². The molecule has 3 rings (SSSR count). The maximum atomic E-state index is 13.0. The van der Waals surface area contributed by atoms with Crippen molar-refractivity contribution in [3.8, 4) is 23.0 Å². The Balaban J connectivity index is 1.81. The Morgan fingerprint density at radius 2 is 1.59 bits per heavy atom. The second-order valence-corrected chi connectivity index (χ2v) is 7.58. The highest BCUT2D eigenvalue weighted by Crippen LogP contribution is 2.39. The van der Waals surface area contributed by atoms with Crippen LogP contribution in [-0.4, -0.2) is 26.2 Å². The summed E-state index contributed by atoms with van der Waals surface area (Å²) in [7, 11) is 3.06. The molecule has 0 aliphatic rings. The summed E-state index contributed by atoms with van der Waals surface area (Å²) in [6, 6.07) is 18.6. The highest BCUT2D eigenvalue weighted by molar-refractivity contribution is 6.05. The molecule has 0 bridgehead atoms. The summed E-state index contributed by atoms with van der Waals surface area (Å²) >= 11 is 0. The summed E-state index contributed by atoms with van der Waals surface area (Å²) in [5.41, 5.74) is 3.01. The Morgan fingerprint density at radius 3 is 2.16 bits per heavy atom. The van der Waals surface area contributed by atoms with Gasteiger partial charge < -0.3 is 24.3 Å². The van der Waals surface area contributed by atoms with E-state index in [9.17, 15) is 4.79 Å². The van der Waals surface area contributed by atoms with Crippen molar-refractivity contribution in [1.29, 1.82) is 0 Å². The van der Waals surface area contributed by atoms with Crippen molar-refractivity contribution < 1.29 is 23.7 Å². The van der Waals surface area contributed by atoms with Gasteiger partial charge in [0.15, 0.2) is 11.5 Å².